The molecule has 1 aliphatic heterocycles. The molecule has 4 rings (SSSR count). The fraction of sp³-hybridized carbons (Fsp3) is 0.360. The fourth-order valence-corrected chi connectivity index (χ4v) is 4.41. The number of methoxy groups -OCH3 is 1. The van der Waals surface area contributed by atoms with Gasteiger partial charge in [0.2, 0.25) is 0 Å². The van der Waals surface area contributed by atoms with Crippen LogP contribution in [-0.2, 0) is 13.1 Å². The lowest BCUT2D eigenvalue weighted by Crippen LogP contribution is -2.47. The van der Waals surface area contributed by atoms with Crippen molar-refractivity contribution in [2.75, 3.05) is 51.8 Å². The number of nitrogens with one attached hydrogen (secondary N) is 2. The molecule has 8 nitrogen and oxygen atoms in total. The molecule has 0 radical (unpaired) electrons. The summed E-state index contributed by atoms with van der Waals surface area (Å²) in [6.07, 6.45) is 1.57. The van der Waals surface area contributed by atoms with E-state index in [1.807, 2.05) is 30.3 Å². The van der Waals surface area contributed by atoms with Gasteiger partial charge in [-0.3, -0.25) is 14.6 Å². The molecule has 1 aromatic heterocycles. The molecule has 11 heteroatoms. The molecule has 0 saturated carbocycles. The molecule has 194 valence electrons. The number of anilines is 1. The lowest BCUT2D eigenvalue weighted by molar-refractivity contribution is 0.112. The van der Waals surface area contributed by atoms with E-state index in [0.29, 0.717) is 34.8 Å². The summed E-state index contributed by atoms with van der Waals surface area (Å²) < 4.78 is 12.0. The second kappa shape index (κ2) is 13.9. The Balaban J connectivity index is 0.00000361. The van der Waals surface area contributed by atoms with E-state index in [4.69, 9.17) is 21.1 Å². The van der Waals surface area contributed by atoms with E-state index in [-0.39, 0.29) is 18.0 Å². The van der Waals surface area contributed by atoms with Gasteiger partial charge in [-0.1, -0.05) is 29.8 Å². The van der Waals surface area contributed by atoms with Gasteiger partial charge in [0.15, 0.2) is 11.5 Å². The van der Waals surface area contributed by atoms with E-state index in [0.717, 1.165) is 49.9 Å². The predicted octanol–water partition coefficient (Wildman–Crippen LogP) is 4.42. The van der Waals surface area contributed by atoms with Crippen LogP contribution in [0.15, 0.2) is 57.9 Å². The van der Waals surface area contributed by atoms with Gasteiger partial charge < -0.3 is 14.8 Å². The minimum atomic E-state index is -0.278. The van der Waals surface area contributed by atoms with Crippen LogP contribution in [0.4, 0.5) is 5.69 Å². The molecule has 1 aliphatic rings. The maximum absolute atomic E-state index is 11.7. The molecule has 3 aromatic rings. The van der Waals surface area contributed by atoms with Gasteiger partial charge in [0, 0.05) is 50.8 Å². The highest BCUT2D eigenvalue weighted by Crippen LogP contribution is 2.29. The van der Waals surface area contributed by atoms with E-state index in [1.165, 1.54) is 5.56 Å². The quantitative estimate of drug-likeness (QED) is 0.357. The van der Waals surface area contributed by atoms with Gasteiger partial charge in [0.1, 0.15) is 11.1 Å². The summed E-state index contributed by atoms with van der Waals surface area (Å²) in [4.78, 5) is 16.6. The molecule has 36 heavy (non-hydrogen) atoms. The zero-order valence-corrected chi connectivity index (χ0v) is 23.2. The van der Waals surface area contributed by atoms with Gasteiger partial charge in [-0.15, -0.1) is 12.4 Å². The molecule has 1 fully saturated rings. The molecule has 0 bridgehead atoms. The summed E-state index contributed by atoms with van der Waals surface area (Å²) in [5.74, 6) is 1.40. The monoisotopic (exact) mass is 597 g/mol. The predicted molar refractivity (Wildman–Crippen MR) is 149 cm³/mol. The zero-order valence-electron chi connectivity index (χ0n) is 20.0. The molecule has 0 amide bonds. The van der Waals surface area contributed by atoms with Gasteiger partial charge in [-0.05, 0) is 51.3 Å². The van der Waals surface area contributed by atoms with Crippen molar-refractivity contribution < 1.29 is 9.47 Å². The van der Waals surface area contributed by atoms with Crippen molar-refractivity contribution in [3.8, 4) is 11.5 Å². The Kier molecular flexibility index (Phi) is 10.9. The van der Waals surface area contributed by atoms with Crippen molar-refractivity contribution in [1.29, 1.82) is 0 Å². The molecule has 0 aliphatic carbocycles. The first kappa shape index (κ1) is 28.3. The highest BCUT2D eigenvalue weighted by Gasteiger charge is 2.17. The average molecular weight is 599 g/mol. The number of benzene rings is 2. The van der Waals surface area contributed by atoms with Crippen molar-refractivity contribution in [2.45, 2.75) is 13.1 Å². The molecule has 1 saturated heterocycles. The molecular formula is C25H30BrCl2N5O3. The Morgan fingerprint density at radius 2 is 1.75 bits per heavy atom. The third-order valence-electron chi connectivity index (χ3n) is 5.96. The third kappa shape index (κ3) is 7.85. The SMILES string of the molecule is COc1ccc(CNc2cn[nH]c(=O)c2Br)cc1OCCN1CCN(Cc2ccc(Cl)cc2)CC1.Cl. The van der Waals surface area contributed by atoms with E-state index < -0.39 is 0 Å². The highest BCUT2D eigenvalue weighted by atomic mass is 79.9. The van der Waals surface area contributed by atoms with Crippen LogP contribution in [0.5, 0.6) is 11.5 Å². The van der Waals surface area contributed by atoms with Crippen LogP contribution < -0.4 is 20.3 Å². The summed E-state index contributed by atoms with van der Waals surface area (Å²) >= 11 is 9.27. The average Bonchev–Trinajstić information content (AvgIpc) is 2.87. The van der Waals surface area contributed by atoms with E-state index >= 15 is 0 Å². The van der Waals surface area contributed by atoms with Gasteiger partial charge in [0.25, 0.3) is 5.56 Å². The van der Waals surface area contributed by atoms with E-state index in [2.05, 4.69) is 53.4 Å². The minimum Gasteiger partial charge on any atom is -0.493 e. The summed E-state index contributed by atoms with van der Waals surface area (Å²) in [6.45, 7) is 6.97. The summed E-state index contributed by atoms with van der Waals surface area (Å²) in [5.41, 5.74) is 2.64. The Morgan fingerprint density at radius 3 is 2.47 bits per heavy atom. The van der Waals surface area contributed by atoms with Gasteiger partial charge in [-0.25, -0.2) is 5.10 Å². The topological polar surface area (TPSA) is 82.7 Å². The van der Waals surface area contributed by atoms with Crippen LogP contribution in [-0.4, -0.2) is 66.4 Å². The number of piperazine rings is 1. The second-order valence-electron chi connectivity index (χ2n) is 8.36. The maximum Gasteiger partial charge on any atom is 0.280 e. The molecule has 0 spiro atoms. The van der Waals surface area contributed by atoms with Gasteiger partial charge >= 0.3 is 0 Å². The van der Waals surface area contributed by atoms with Crippen LogP contribution in [0.2, 0.25) is 5.02 Å². The number of H-pyrrole nitrogens is 1. The maximum atomic E-state index is 11.7. The van der Waals surface area contributed by atoms with Crippen LogP contribution in [0.25, 0.3) is 0 Å². The van der Waals surface area contributed by atoms with E-state index in [1.54, 1.807) is 13.3 Å². The Morgan fingerprint density at radius 1 is 1.06 bits per heavy atom. The van der Waals surface area contributed by atoms with Crippen LogP contribution >= 0.6 is 39.9 Å². The number of halogens is 3. The fourth-order valence-electron chi connectivity index (χ4n) is 3.95. The Hall–Kier alpha value is -2.30. The largest absolute Gasteiger partial charge is 0.493 e. The van der Waals surface area contributed by atoms with Crippen LogP contribution in [0.1, 0.15) is 11.1 Å². The number of hydrogen-bond acceptors (Lipinski definition) is 7. The minimum absolute atomic E-state index is 0. The summed E-state index contributed by atoms with van der Waals surface area (Å²) in [6, 6.07) is 13.9. The van der Waals surface area contributed by atoms with E-state index in [9.17, 15) is 4.79 Å². The summed E-state index contributed by atoms with van der Waals surface area (Å²) in [5, 5.41) is 10.2. The molecule has 0 unspecified atom stereocenters. The van der Waals surface area contributed by atoms with Crippen LogP contribution in [0.3, 0.4) is 0 Å². The highest BCUT2D eigenvalue weighted by molar-refractivity contribution is 9.10. The molecule has 2 heterocycles. The first-order valence-electron chi connectivity index (χ1n) is 11.5. The van der Waals surface area contributed by atoms with Crippen molar-refractivity contribution >= 4 is 45.6 Å². The number of rotatable bonds is 10. The van der Waals surface area contributed by atoms with Crippen molar-refractivity contribution in [3.05, 3.63) is 79.6 Å². The number of aromatic nitrogens is 2. The van der Waals surface area contributed by atoms with Gasteiger partial charge in [0.05, 0.1) is 19.0 Å². The Bertz CT molecular complexity index is 1170. The number of hydrogen-bond donors (Lipinski definition) is 2. The lowest BCUT2D eigenvalue weighted by Gasteiger charge is -2.34. The van der Waals surface area contributed by atoms with Crippen molar-refractivity contribution in [1.82, 2.24) is 20.0 Å². The van der Waals surface area contributed by atoms with Crippen LogP contribution in [0, 0.1) is 0 Å². The third-order valence-corrected chi connectivity index (χ3v) is 7.00. The molecule has 0 atom stereocenters. The molecular weight excluding hydrogens is 569 g/mol. The normalized spacial score (nSPS) is 14.2. The standard InChI is InChI=1S/C25H29BrClN5O3.ClH/c1-34-22-7-4-19(15-28-21-16-29-30-25(33)24(21)26)14-23(22)35-13-12-31-8-10-32(11-9-31)17-18-2-5-20(27)6-3-18;/h2-7,14,16H,8-13,15,17H2,1H3,(H2,28,30,33);1H. The number of aromatic amines is 1. The number of nitrogens with zero attached hydrogens (tertiary/aromatic N) is 3. The lowest BCUT2D eigenvalue weighted by atomic mass is 10.2. The first-order valence-corrected chi connectivity index (χ1v) is 12.6. The summed E-state index contributed by atoms with van der Waals surface area (Å²) in [7, 11) is 1.64. The smallest absolute Gasteiger partial charge is 0.280 e. The van der Waals surface area contributed by atoms with Crippen molar-refractivity contribution in [2.24, 2.45) is 0 Å². The zero-order chi connectivity index (χ0) is 24.6. The second-order valence-corrected chi connectivity index (χ2v) is 9.59. The van der Waals surface area contributed by atoms with Gasteiger partial charge in [-0.2, -0.15) is 5.10 Å². The Labute approximate surface area is 230 Å². The molecule has 2 aromatic carbocycles. The van der Waals surface area contributed by atoms with Crippen molar-refractivity contribution in [3.63, 3.8) is 0 Å². The first-order chi connectivity index (χ1) is 17.0. The molecule has 2 N–H and O–H groups in total. The number of ether oxygens (including phenoxy) is 2.